The van der Waals surface area contributed by atoms with Crippen molar-refractivity contribution in [3.05, 3.63) is 54.0 Å². The van der Waals surface area contributed by atoms with Gasteiger partial charge in [0.2, 0.25) is 15.9 Å². The van der Waals surface area contributed by atoms with Crippen molar-refractivity contribution < 1.29 is 17.6 Å². The maximum Gasteiger partial charge on any atom is 0.240 e. The van der Waals surface area contributed by atoms with E-state index in [1.807, 2.05) is 6.07 Å². The van der Waals surface area contributed by atoms with Crippen molar-refractivity contribution in [2.24, 2.45) is 5.10 Å². The molecule has 0 saturated heterocycles. The van der Waals surface area contributed by atoms with Gasteiger partial charge in [0.1, 0.15) is 11.8 Å². The first-order valence-electron chi connectivity index (χ1n) is 7.91. The van der Waals surface area contributed by atoms with Gasteiger partial charge in [-0.3, -0.25) is 9.52 Å². The zero-order chi connectivity index (χ0) is 18.0. The van der Waals surface area contributed by atoms with Crippen molar-refractivity contribution in [3.8, 4) is 0 Å². The Kier molecular flexibility index (Phi) is 4.63. The molecule has 1 aromatic heterocycles. The van der Waals surface area contributed by atoms with Gasteiger partial charge in [-0.2, -0.15) is 5.10 Å². The van der Waals surface area contributed by atoms with Gasteiger partial charge in [0.15, 0.2) is 0 Å². The zero-order valence-corrected chi connectivity index (χ0v) is 14.8. The molecule has 1 N–H and O–H groups in total. The molecule has 0 saturated carbocycles. The van der Waals surface area contributed by atoms with Crippen LogP contribution in [0.25, 0.3) is 0 Å². The average molecular weight is 361 g/mol. The van der Waals surface area contributed by atoms with Crippen molar-refractivity contribution in [1.82, 2.24) is 5.01 Å². The molecule has 0 bridgehead atoms. The predicted molar refractivity (Wildman–Crippen MR) is 94.6 cm³/mol. The number of amides is 1. The molecule has 2 heterocycles. The number of anilines is 1. The highest BCUT2D eigenvalue weighted by molar-refractivity contribution is 7.92. The zero-order valence-electron chi connectivity index (χ0n) is 14.0. The Labute approximate surface area is 146 Å². The van der Waals surface area contributed by atoms with E-state index < -0.39 is 10.0 Å². The molecule has 0 radical (unpaired) electrons. The monoisotopic (exact) mass is 361 g/mol. The van der Waals surface area contributed by atoms with E-state index in [1.54, 1.807) is 43.5 Å². The first-order valence-corrected chi connectivity index (χ1v) is 9.56. The number of carbonyl (C=O) groups excluding carboxylic acids is 1. The van der Waals surface area contributed by atoms with Crippen LogP contribution in [0.4, 0.5) is 5.69 Å². The number of rotatable bonds is 5. The summed E-state index contributed by atoms with van der Waals surface area (Å²) in [4.78, 5) is 11.9. The summed E-state index contributed by atoms with van der Waals surface area (Å²) in [6, 6.07) is 10.3. The minimum absolute atomic E-state index is 0.0137. The standard InChI is InChI=1S/C17H19N3O4S/c1-3-25(22,23)19-14-8-6-13(7-9-14)15-11-16(17-5-4-10-24-17)20(18-15)12(2)21/h4-10,16,19H,3,11H2,1-2H3. The minimum atomic E-state index is -3.31. The number of nitrogens with zero attached hydrogens (tertiary/aromatic N) is 2. The van der Waals surface area contributed by atoms with E-state index in [0.29, 0.717) is 17.9 Å². The molecule has 8 heteroatoms. The number of sulfonamides is 1. The molecule has 1 unspecified atom stereocenters. The van der Waals surface area contributed by atoms with Gasteiger partial charge in [-0.25, -0.2) is 13.4 Å². The molecule has 1 amide bonds. The first kappa shape index (κ1) is 17.2. The summed E-state index contributed by atoms with van der Waals surface area (Å²) < 4.78 is 31.1. The van der Waals surface area contributed by atoms with E-state index in [-0.39, 0.29) is 17.7 Å². The Morgan fingerprint density at radius 2 is 2.04 bits per heavy atom. The molecule has 1 aliphatic heterocycles. The van der Waals surface area contributed by atoms with Crippen molar-refractivity contribution in [3.63, 3.8) is 0 Å². The maximum atomic E-state index is 11.9. The summed E-state index contributed by atoms with van der Waals surface area (Å²) in [7, 11) is -3.31. The lowest BCUT2D eigenvalue weighted by Crippen LogP contribution is -2.23. The fourth-order valence-electron chi connectivity index (χ4n) is 2.66. The third-order valence-electron chi connectivity index (χ3n) is 3.98. The van der Waals surface area contributed by atoms with Gasteiger partial charge in [0.05, 0.1) is 17.7 Å². The summed E-state index contributed by atoms with van der Waals surface area (Å²) in [5.41, 5.74) is 2.08. The van der Waals surface area contributed by atoms with Crippen LogP contribution in [0.1, 0.15) is 37.6 Å². The van der Waals surface area contributed by atoms with Crippen LogP contribution in [-0.2, 0) is 14.8 Å². The van der Waals surface area contributed by atoms with Crippen molar-refractivity contribution in [2.75, 3.05) is 10.5 Å². The Bertz CT molecular complexity index is 886. The number of furan rings is 1. The summed E-state index contributed by atoms with van der Waals surface area (Å²) in [6.45, 7) is 3.04. The lowest BCUT2D eigenvalue weighted by Gasteiger charge is -2.17. The fourth-order valence-corrected chi connectivity index (χ4v) is 3.30. The minimum Gasteiger partial charge on any atom is -0.467 e. The Morgan fingerprint density at radius 1 is 1.32 bits per heavy atom. The van der Waals surface area contributed by atoms with Gasteiger partial charge in [-0.1, -0.05) is 12.1 Å². The number of carbonyl (C=O) groups is 1. The second kappa shape index (κ2) is 6.72. The third kappa shape index (κ3) is 3.74. The van der Waals surface area contributed by atoms with Crippen molar-refractivity contribution in [2.45, 2.75) is 26.3 Å². The van der Waals surface area contributed by atoms with E-state index in [0.717, 1.165) is 11.3 Å². The Morgan fingerprint density at radius 3 is 2.60 bits per heavy atom. The van der Waals surface area contributed by atoms with Crippen molar-refractivity contribution >= 4 is 27.3 Å². The van der Waals surface area contributed by atoms with Gasteiger partial charge in [-0.15, -0.1) is 0 Å². The molecule has 25 heavy (non-hydrogen) atoms. The van der Waals surface area contributed by atoms with Gasteiger partial charge >= 0.3 is 0 Å². The van der Waals surface area contributed by atoms with Gasteiger partial charge < -0.3 is 4.42 Å². The molecular weight excluding hydrogens is 342 g/mol. The van der Waals surface area contributed by atoms with Gasteiger partial charge in [0, 0.05) is 19.0 Å². The molecule has 1 atom stereocenters. The maximum absolute atomic E-state index is 11.9. The topological polar surface area (TPSA) is 92.0 Å². The molecule has 132 valence electrons. The number of hydrazone groups is 1. The van der Waals surface area contributed by atoms with Crippen LogP contribution in [0, 0.1) is 0 Å². The molecule has 2 aromatic rings. The molecule has 1 aliphatic rings. The average Bonchev–Trinajstić information content (AvgIpc) is 3.24. The Balaban J connectivity index is 1.82. The lowest BCUT2D eigenvalue weighted by molar-refractivity contribution is -0.130. The van der Waals surface area contributed by atoms with Crippen LogP contribution < -0.4 is 4.72 Å². The molecule has 0 fully saturated rings. The second-order valence-electron chi connectivity index (χ2n) is 5.73. The number of hydrogen-bond donors (Lipinski definition) is 1. The summed E-state index contributed by atoms with van der Waals surface area (Å²) >= 11 is 0. The number of benzene rings is 1. The van der Waals surface area contributed by atoms with Crippen LogP contribution >= 0.6 is 0 Å². The lowest BCUT2D eigenvalue weighted by atomic mass is 10.0. The molecule has 0 aliphatic carbocycles. The quantitative estimate of drug-likeness (QED) is 0.886. The fraction of sp³-hybridized carbons (Fsp3) is 0.294. The normalized spacial score (nSPS) is 17.4. The highest BCUT2D eigenvalue weighted by Gasteiger charge is 2.33. The third-order valence-corrected chi connectivity index (χ3v) is 5.28. The van der Waals surface area contributed by atoms with Gasteiger partial charge in [-0.05, 0) is 36.8 Å². The number of nitrogens with one attached hydrogen (secondary N) is 1. The van der Waals surface area contributed by atoms with Crippen LogP contribution in [0.2, 0.25) is 0 Å². The molecular formula is C17H19N3O4S. The van der Waals surface area contributed by atoms with E-state index in [4.69, 9.17) is 4.42 Å². The van der Waals surface area contributed by atoms with Crippen LogP contribution in [0.5, 0.6) is 0 Å². The van der Waals surface area contributed by atoms with Crippen molar-refractivity contribution in [1.29, 1.82) is 0 Å². The first-order chi connectivity index (χ1) is 11.9. The van der Waals surface area contributed by atoms with E-state index in [9.17, 15) is 13.2 Å². The number of hydrogen-bond acceptors (Lipinski definition) is 5. The largest absolute Gasteiger partial charge is 0.467 e. The molecule has 0 spiro atoms. The Hall–Kier alpha value is -2.61. The van der Waals surface area contributed by atoms with E-state index >= 15 is 0 Å². The summed E-state index contributed by atoms with van der Waals surface area (Å²) in [6.07, 6.45) is 2.10. The SMILES string of the molecule is CCS(=O)(=O)Nc1ccc(C2=NN(C(C)=O)C(c3ccco3)C2)cc1. The van der Waals surface area contributed by atoms with Gasteiger partial charge in [0.25, 0.3) is 0 Å². The highest BCUT2D eigenvalue weighted by atomic mass is 32.2. The molecule has 7 nitrogen and oxygen atoms in total. The highest BCUT2D eigenvalue weighted by Crippen LogP contribution is 2.33. The van der Waals surface area contributed by atoms with E-state index in [1.165, 1.54) is 11.9 Å². The van der Waals surface area contributed by atoms with E-state index in [2.05, 4.69) is 9.82 Å². The summed E-state index contributed by atoms with van der Waals surface area (Å²) in [5, 5.41) is 5.84. The molecule has 1 aromatic carbocycles. The summed E-state index contributed by atoms with van der Waals surface area (Å²) in [5.74, 6) is 0.532. The van der Waals surface area contributed by atoms with Crippen LogP contribution in [0.15, 0.2) is 52.2 Å². The second-order valence-corrected chi connectivity index (χ2v) is 7.74. The van der Waals surface area contributed by atoms with Crippen LogP contribution in [-0.4, -0.2) is 30.8 Å². The van der Waals surface area contributed by atoms with Crippen LogP contribution in [0.3, 0.4) is 0 Å². The molecule has 3 rings (SSSR count). The predicted octanol–water partition coefficient (Wildman–Crippen LogP) is 2.74. The smallest absolute Gasteiger partial charge is 0.240 e.